The molecule has 1 aliphatic heterocycles. The largest absolute Gasteiger partial charge is 0.507 e. The van der Waals surface area contributed by atoms with Gasteiger partial charge in [0.25, 0.3) is 0 Å². The van der Waals surface area contributed by atoms with E-state index in [2.05, 4.69) is 13.8 Å². The van der Waals surface area contributed by atoms with E-state index >= 15 is 0 Å². The molecule has 0 bridgehead atoms. The first-order valence-electron chi connectivity index (χ1n) is 5.98. The van der Waals surface area contributed by atoms with Crippen LogP contribution in [0.25, 0.3) is 0 Å². The smallest absolute Gasteiger partial charge is 0.124 e. The molecule has 0 saturated heterocycles. The number of phenolic OH excluding ortho intramolecular Hbond substituents is 1. The number of aromatic hydroxyl groups is 1. The van der Waals surface area contributed by atoms with Gasteiger partial charge in [-0.25, -0.2) is 0 Å². The molecule has 1 aromatic rings. The maximum Gasteiger partial charge on any atom is 0.124 e. The summed E-state index contributed by atoms with van der Waals surface area (Å²) in [7, 11) is 0. The number of phenols is 1. The second-order valence-electron chi connectivity index (χ2n) is 5.05. The Morgan fingerprint density at radius 1 is 1.44 bits per heavy atom. The van der Waals surface area contributed by atoms with Gasteiger partial charge in [0.05, 0.1) is 0 Å². The quantitative estimate of drug-likeness (QED) is 0.785. The number of aryl methyl sites for hydroxylation is 1. The van der Waals surface area contributed by atoms with Crippen LogP contribution in [0, 0.1) is 13.8 Å². The third kappa shape index (κ3) is 1.66. The van der Waals surface area contributed by atoms with Gasteiger partial charge in [-0.1, -0.05) is 6.92 Å². The van der Waals surface area contributed by atoms with E-state index in [0.29, 0.717) is 5.75 Å². The van der Waals surface area contributed by atoms with Crippen LogP contribution >= 0.6 is 0 Å². The molecule has 1 unspecified atom stereocenters. The Bertz CT molecular complexity index is 423. The maximum atomic E-state index is 9.89. The molecule has 1 aromatic carbocycles. The van der Waals surface area contributed by atoms with Crippen LogP contribution in [0.4, 0.5) is 0 Å². The van der Waals surface area contributed by atoms with Gasteiger partial charge in [-0.3, -0.25) is 0 Å². The second kappa shape index (κ2) is 3.69. The van der Waals surface area contributed by atoms with Crippen molar-refractivity contribution in [2.45, 2.75) is 52.6 Å². The predicted octanol–water partition coefficient (Wildman–Crippen LogP) is 3.50. The van der Waals surface area contributed by atoms with Gasteiger partial charge < -0.3 is 9.84 Å². The molecule has 1 aliphatic rings. The van der Waals surface area contributed by atoms with Crippen LogP contribution in [-0.4, -0.2) is 10.7 Å². The molecule has 1 N–H and O–H groups in total. The average Bonchev–Trinajstić information content (AvgIpc) is 2.26. The number of ether oxygens (including phenoxy) is 1. The number of fused-ring (bicyclic) bond motifs is 1. The molecule has 2 heteroatoms. The van der Waals surface area contributed by atoms with E-state index in [1.807, 2.05) is 19.9 Å². The Balaban J connectivity index is 2.48. The molecule has 1 atom stereocenters. The Morgan fingerprint density at radius 3 is 2.75 bits per heavy atom. The monoisotopic (exact) mass is 220 g/mol. The van der Waals surface area contributed by atoms with Crippen LogP contribution < -0.4 is 4.74 Å². The van der Waals surface area contributed by atoms with Crippen LogP contribution in [0.3, 0.4) is 0 Å². The van der Waals surface area contributed by atoms with Crippen molar-refractivity contribution in [3.05, 3.63) is 22.8 Å². The lowest BCUT2D eigenvalue weighted by Gasteiger charge is -2.36. The summed E-state index contributed by atoms with van der Waals surface area (Å²) in [6.07, 6.45) is 3.05. The zero-order chi connectivity index (χ0) is 11.9. The van der Waals surface area contributed by atoms with E-state index in [-0.39, 0.29) is 5.60 Å². The molecule has 0 saturated carbocycles. The summed E-state index contributed by atoms with van der Waals surface area (Å²) in [6.45, 7) is 8.21. The minimum absolute atomic E-state index is 0.0388. The van der Waals surface area contributed by atoms with Gasteiger partial charge in [-0.05, 0) is 57.2 Å². The number of hydrogen-bond donors (Lipinski definition) is 1. The van der Waals surface area contributed by atoms with Crippen molar-refractivity contribution in [1.29, 1.82) is 0 Å². The van der Waals surface area contributed by atoms with Crippen molar-refractivity contribution in [2.24, 2.45) is 0 Å². The third-order valence-corrected chi connectivity index (χ3v) is 3.83. The molecule has 0 fully saturated rings. The maximum absolute atomic E-state index is 9.89. The van der Waals surface area contributed by atoms with Gasteiger partial charge in [-0.2, -0.15) is 0 Å². The van der Waals surface area contributed by atoms with Crippen LogP contribution in [-0.2, 0) is 6.42 Å². The zero-order valence-corrected chi connectivity index (χ0v) is 10.6. The molecule has 16 heavy (non-hydrogen) atoms. The van der Waals surface area contributed by atoms with E-state index in [9.17, 15) is 5.11 Å². The highest BCUT2D eigenvalue weighted by molar-refractivity contribution is 5.53. The van der Waals surface area contributed by atoms with Crippen molar-refractivity contribution in [3.63, 3.8) is 0 Å². The zero-order valence-electron chi connectivity index (χ0n) is 10.6. The SMILES string of the molecule is CCC1(C)CCc2c(cc(C)c(O)c2C)O1. The minimum Gasteiger partial charge on any atom is -0.507 e. The lowest BCUT2D eigenvalue weighted by atomic mass is 9.88. The highest BCUT2D eigenvalue weighted by Crippen LogP contribution is 2.40. The Hall–Kier alpha value is -1.18. The van der Waals surface area contributed by atoms with Crippen LogP contribution in [0.1, 0.15) is 43.4 Å². The summed E-state index contributed by atoms with van der Waals surface area (Å²) >= 11 is 0. The number of rotatable bonds is 1. The predicted molar refractivity (Wildman–Crippen MR) is 65.2 cm³/mol. The van der Waals surface area contributed by atoms with Crippen molar-refractivity contribution < 1.29 is 9.84 Å². The molecule has 88 valence electrons. The van der Waals surface area contributed by atoms with E-state index in [1.165, 1.54) is 5.56 Å². The highest BCUT2D eigenvalue weighted by Gasteiger charge is 2.31. The first-order valence-corrected chi connectivity index (χ1v) is 5.98. The third-order valence-electron chi connectivity index (χ3n) is 3.83. The minimum atomic E-state index is -0.0388. The van der Waals surface area contributed by atoms with Crippen molar-refractivity contribution in [2.75, 3.05) is 0 Å². The number of benzene rings is 1. The van der Waals surface area contributed by atoms with E-state index in [0.717, 1.165) is 36.1 Å². The molecule has 0 radical (unpaired) electrons. The summed E-state index contributed by atoms with van der Waals surface area (Å²) in [5.41, 5.74) is 3.02. The molecule has 0 amide bonds. The molecule has 2 rings (SSSR count). The first kappa shape index (κ1) is 11.3. The topological polar surface area (TPSA) is 29.5 Å². The van der Waals surface area contributed by atoms with Gasteiger partial charge in [0.2, 0.25) is 0 Å². The fourth-order valence-corrected chi connectivity index (χ4v) is 2.33. The average molecular weight is 220 g/mol. The summed E-state index contributed by atoms with van der Waals surface area (Å²) in [6, 6.07) is 1.96. The molecular formula is C14H20O2. The van der Waals surface area contributed by atoms with E-state index in [4.69, 9.17) is 4.74 Å². The fourth-order valence-electron chi connectivity index (χ4n) is 2.33. The van der Waals surface area contributed by atoms with Gasteiger partial charge >= 0.3 is 0 Å². The molecule has 0 spiro atoms. The summed E-state index contributed by atoms with van der Waals surface area (Å²) in [5, 5.41) is 9.89. The fraction of sp³-hybridized carbons (Fsp3) is 0.571. The summed E-state index contributed by atoms with van der Waals surface area (Å²) < 4.78 is 6.07. The van der Waals surface area contributed by atoms with Gasteiger partial charge in [0.15, 0.2) is 0 Å². The summed E-state index contributed by atoms with van der Waals surface area (Å²) in [4.78, 5) is 0. The Kier molecular flexibility index (Phi) is 2.61. The molecular weight excluding hydrogens is 200 g/mol. The van der Waals surface area contributed by atoms with Crippen LogP contribution in [0.2, 0.25) is 0 Å². The van der Waals surface area contributed by atoms with Gasteiger partial charge in [0.1, 0.15) is 17.1 Å². The Morgan fingerprint density at radius 2 is 2.12 bits per heavy atom. The van der Waals surface area contributed by atoms with E-state index < -0.39 is 0 Å². The highest BCUT2D eigenvalue weighted by atomic mass is 16.5. The van der Waals surface area contributed by atoms with Gasteiger partial charge in [0, 0.05) is 5.56 Å². The first-order chi connectivity index (χ1) is 7.47. The van der Waals surface area contributed by atoms with E-state index in [1.54, 1.807) is 0 Å². The van der Waals surface area contributed by atoms with Crippen LogP contribution in [0.5, 0.6) is 11.5 Å². The lowest BCUT2D eigenvalue weighted by molar-refractivity contribution is 0.0608. The lowest BCUT2D eigenvalue weighted by Crippen LogP contribution is -2.35. The van der Waals surface area contributed by atoms with Crippen molar-refractivity contribution in [1.82, 2.24) is 0 Å². The normalized spacial score (nSPS) is 23.8. The van der Waals surface area contributed by atoms with Crippen LogP contribution in [0.15, 0.2) is 6.07 Å². The standard InChI is InChI=1S/C14H20O2/c1-5-14(4)7-6-11-10(3)13(15)9(2)8-12(11)16-14/h8,15H,5-7H2,1-4H3. The van der Waals surface area contributed by atoms with Gasteiger partial charge in [-0.15, -0.1) is 0 Å². The molecule has 1 heterocycles. The van der Waals surface area contributed by atoms with Crippen molar-refractivity contribution >= 4 is 0 Å². The summed E-state index contributed by atoms with van der Waals surface area (Å²) in [5.74, 6) is 1.38. The van der Waals surface area contributed by atoms with Crippen molar-refractivity contribution in [3.8, 4) is 11.5 Å². The molecule has 0 aliphatic carbocycles. The molecule has 2 nitrogen and oxygen atoms in total. The second-order valence-corrected chi connectivity index (χ2v) is 5.05. The number of hydrogen-bond acceptors (Lipinski definition) is 2. The molecule has 0 aromatic heterocycles. The Labute approximate surface area is 97.3 Å².